The van der Waals surface area contributed by atoms with Crippen LogP contribution in [0, 0.1) is 10.1 Å². The highest BCUT2D eigenvalue weighted by Gasteiger charge is 2.14. The third kappa shape index (κ3) is 2.83. The van der Waals surface area contributed by atoms with Crippen molar-refractivity contribution in [2.45, 2.75) is 0 Å². The lowest BCUT2D eigenvalue weighted by atomic mass is 10.3. The van der Waals surface area contributed by atoms with E-state index in [1.165, 1.54) is 31.4 Å². The number of hydrogen-bond acceptors (Lipinski definition) is 8. The molecule has 0 bridgehead atoms. The second-order valence-corrected chi connectivity index (χ2v) is 3.68. The molecule has 2 rings (SSSR count). The molecule has 0 spiro atoms. The van der Waals surface area contributed by atoms with E-state index in [-0.39, 0.29) is 34.8 Å². The van der Waals surface area contributed by atoms with Gasteiger partial charge in [-0.1, -0.05) is 0 Å². The maximum atomic E-state index is 10.7. The average molecular weight is 277 g/mol. The van der Waals surface area contributed by atoms with E-state index >= 15 is 0 Å². The molecule has 4 N–H and O–H groups in total. The van der Waals surface area contributed by atoms with Crippen LogP contribution in [-0.2, 0) is 0 Å². The Morgan fingerprint density at radius 3 is 2.55 bits per heavy atom. The summed E-state index contributed by atoms with van der Waals surface area (Å²) in [5.41, 5.74) is 10.8. The van der Waals surface area contributed by atoms with Gasteiger partial charge in [-0.15, -0.1) is 0 Å². The summed E-state index contributed by atoms with van der Waals surface area (Å²) in [5, 5.41) is 10.7. The molecule has 0 unspecified atom stereocenters. The number of rotatable bonds is 4. The molecule has 0 atom stereocenters. The summed E-state index contributed by atoms with van der Waals surface area (Å²) < 4.78 is 10.5. The van der Waals surface area contributed by atoms with E-state index in [4.69, 9.17) is 20.9 Å². The molecule has 1 aromatic carbocycles. The van der Waals surface area contributed by atoms with Crippen molar-refractivity contribution < 1.29 is 14.4 Å². The van der Waals surface area contributed by atoms with Crippen molar-refractivity contribution in [2.24, 2.45) is 0 Å². The van der Waals surface area contributed by atoms with Gasteiger partial charge in [0.2, 0.25) is 11.8 Å². The van der Waals surface area contributed by atoms with Gasteiger partial charge >= 0.3 is 0 Å². The molecule has 0 radical (unpaired) electrons. The lowest BCUT2D eigenvalue weighted by molar-refractivity contribution is -0.384. The molecule has 0 saturated heterocycles. The Labute approximate surface area is 113 Å². The fraction of sp³-hybridized carbons (Fsp3) is 0.0909. The van der Waals surface area contributed by atoms with Crippen LogP contribution in [0.3, 0.4) is 0 Å². The minimum Gasteiger partial charge on any atom is -0.493 e. The number of nitro benzene ring substituents is 1. The van der Waals surface area contributed by atoms with Crippen molar-refractivity contribution in [3.63, 3.8) is 0 Å². The average Bonchev–Trinajstić information content (AvgIpc) is 2.37. The molecule has 0 aliphatic rings. The molecule has 9 nitrogen and oxygen atoms in total. The van der Waals surface area contributed by atoms with Crippen LogP contribution in [0.4, 0.5) is 17.5 Å². The first-order chi connectivity index (χ1) is 9.49. The van der Waals surface area contributed by atoms with E-state index in [1.54, 1.807) is 0 Å². The molecule has 20 heavy (non-hydrogen) atoms. The van der Waals surface area contributed by atoms with Crippen LogP contribution >= 0.6 is 0 Å². The van der Waals surface area contributed by atoms with Crippen LogP contribution < -0.4 is 20.9 Å². The molecule has 0 saturated carbocycles. The second-order valence-electron chi connectivity index (χ2n) is 3.68. The van der Waals surface area contributed by atoms with E-state index in [1.807, 2.05) is 0 Å². The Morgan fingerprint density at radius 2 is 1.95 bits per heavy atom. The van der Waals surface area contributed by atoms with Gasteiger partial charge < -0.3 is 20.9 Å². The maximum Gasteiger partial charge on any atom is 0.273 e. The minimum absolute atomic E-state index is 0.0409. The third-order valence-corrected chi connectivity index (χ3v) is 2.31. The van der Waals surface area contributed by atoms with Gasteiger partial charge in [0, 0.05) is 12.1 Å². The van der Waals surface area contributed by atoms with Crippen LogP contribution in [-0.4, -0.2) is 22.0 Å². The lowest BCUT2D eigenvalue weighted by Crippen LogP contribution is -2.01. The van der Waals surface area contributed by atoms with Gasteiger partial charge in [0.1, 0.15) is 5.82 Å². The first kappa shape index (κ1) is 13.3. The number of benzene rings is 1. The predicted octanol–water partition coefficient (Wildman–Crippen LogP) is 1.35. The number of hydrogen-bond donors (Lipinski definition) is 2. The first-order valence-corrected chi connectivity index (χ1v) is 5.40. The third-order valence-electron chi connectivity index (χ3n) is 2.31. The summed E-state index contributed by atoms with van der Waals surface area (Å²) >= 11 is 0. The number of nitrogen functional groups attached to an aromatic ring is 2. The second kappa shape index (κ2) is 5.26. The fourth-order valence-corrected chi connectivity index (χ4v) is 1.48. The molecule has 0 amide bonds. The number of nitrogens with two attached hydrogens (primary N) is 2. The van der Waals surface area contributed by atoms with E-state index in [0.717, 1.165) is 0 Å². The van der Waals surface area contributed by atoms with E-state index in [0.29, 0.717) is 0 Å². The summed E-state index contributed by atoms with van der Waals surface area (Å²) in [7, 11) is 1.37. The monoisotopic (exact) mass is 277 g/mol. The van der Waals surface area contributed by atoms with Crippen LogP contribution in [0.15, 0.2) is 24.3 Å². The van der Waals surface area contributed by atoms with Gasteiger partial charge in [0.25, 0.3) is 5.69 Å². The van der Waals surface area contributed by atoms with Crippen molar-refractivity contribution in [3.05, 3.63) is 34.4 Å². The van der Waals surface area contributed by atoms with Crippen molar-refractivity contribution in [1.82, 2.24) is 9.97 Å². The molecule has 1 aromatic heterocycles. The zero-order valence-corrected chi connectivity index (χ0v) is 10.4. The highest BCUT2D eigenvalue weighted by Crippen LogP contribution is 2.34. The van der Waals surface area contributed by atoms with E-state index in [2.05, 4.69) is 9.97 Å². The normalized spacial score (nSPS) is 10.1. The number of anilines is 2. The van der Waals surface area contributed by atoms with Gasteiger partial charge in [0.15, 0.2) is 11.5 Å². The number of ether oxygens (including phenoxy) is 2. The van der Waals surface area contributed by atoms with Crippen molar-refractivity contribution >= 4 is 17.5 Å². The molecule has 0 aliphatic carbocycles. The Morgan fingerprint density at radius 1 is 1.20 bits per heavy atom. The van der Waals surface area contributed by atoms with Gasteiger partial charge in [-0.2, -0.15) is 9.97 Å². The quantitative estimate of drug-likeness (QED) is 0.630. The summed E-state index contributed by atoms with van der Waals surface area (Å²) in [4.78, 5) is 17.7. The Hall–Kier alpha value is -3.10. The lowest BCUT2D eigenvalue weighted by Gasteiger charge is -2.09. The molecule has 9 heteroatoms. The summed E-state index contributed by atoms with van der Waals surface area (Å²) in [6, 6.07) is 5.29. The smallest absolute Gasteiger partial charge is 0.273 e. The molecule has 0 aliphatic heterocycles. The van der Waals surface area contributed by atoms with Gasteiger partial charge in [-0.05, 0) is 6.07 Å². The topological polar surface area (TPSA) is 139 Å². The number of aromatic nitrogens is 2. The zero-order chi connectivity index (χ0) is 14.7. The fourth-order valence-electron chi connectivity index (χ4n) is 1.48. The zero-order valence-electron chi connectivity index (χ0n) is 10.4. The minimum atomic E-state index is -0.535. The summed E-state index contributed by atoms with van der Waals surface area (Å²) in [6.07, 6.45) is 0. The van der Waals surface area contributed by atoms with Crippen molar-refractivity contribution in [2.75, 3.05) is 18.6 Å². The van der Waals surface area contributed by atoms with Crippen molar-refractivity contribution in [1.29, 1.82) is 0 Å². The van der Waals surface area contributed by atoms with Crippen LogP contribution in [0.1, 0.15) is 0 Å². The van der Waals surface area contributed by atoms with Crippen LogP contribution in [0.5, 0.6) is 17.4 Å². The SMILES string of the molecule is COc1cc([N+](=O)[O-])ccc1Oc1cc(N)nc(N)n1. The molecular weight excluding hydrogens is 266 g/mol. The predicted molar refractivity (Wildman–Crippen MR) is 70.6 cm³/mol. The van der Waals surface area contributed by atoms with E-state index in [9.17, 15) is 10.1 Å². The molecule has 1 heterocycles. The molecule has 104 valence electrons. The highest BCUT2D eigenvalue weighted by molar-refractivity contribution is 5.50. The van der Waals surface area contributed by atoms with Gasteiger partial charge in [0.05, 0.1) is 18.1 Å². The molecule has 2 aromatic rings. The number of nitro groups is 1. The van der Waals surface area contributed by atoms with Crippen molar-refractivity contribution in [3.8, 4) is 17.4 Å². The summed E-state index contributed by atoms with van der Waals surface area (Å²) in [6.45, 7) is 0. The van der Waals surface area contributed by atoms with Gasteiger partial charge in [-0.25, -0.2) is 0 Å². The van der Waals surface area contributed by atoms with Gasteiger partial charge in [-0.3, -0.25) is 10.1 Å². The van der Waals surface area contributed by atoms with Crippen LogP contribution in [0.25, 0.3) is 0 Å². The molecular formula is C11H11N5O4. The van der Waals surface area contributed by atoms with E-state index < -0.39 is 4.92 Å². The largest absolute Gasteiger partial charge is 0.493 e. The number of nitrogens with zero attached hydrogens (tertiary/aromatic N) is 3. The first-order valence-electron chi connectivity index (χ1n) is 5.40. The maximum absolute atomic E-state index is 10.7. The Bertz CT molecular complexity index is 641. The number of methoxy groups -OCH3 is 1. The highest BCUT2D eigenvalue weighted by atomic mass is 16.6. The summed E-state index contributed by atoms with van der Waals surface area (Å²) in [5.74, 6) is 0.655. The Kier molecular flexibility index (Phi) is 3.51. The standard InChI is InChI=1S/C11H11N5O4/c1-19-8-4-6(16(17)18)2-3-7(8)20-10-5-9(12)14-11(13)15-10/h2-5H,1H3,(H4,12,13,14,15). The Balaban J connectivity index is 2.35. The van der Waals surface area contributed by atoms with Crippen LogP contribution in [0.2, 0.25) is 0 Å². The number of non-ortho nitro benzene ring substituents is 1. The molecule has 0 fully saturated rings.